The number of fused-ring (bicyclic) bond motifs is 1. The molecule has 0 spiro atoms. The molecule has 1 fully saturated rings. The van der Waals surface area contributed by atoms with Crippen molar-refractivity contribution < 1.29 is 4.52 Å². The average Bonchev–Trinajstić information content (AvgIpc) is 3.28. The van der Waals surface area contributed by atoms with Crippen LogP contribution in [0.1, 0.15) is 49.1 Å². The van der Waals surface area contributed by atoms with Gasteiger partial charge in [-0.1, -0.05) is 54.2 Å². The van der Waals surface area contributed by atoms with Crippen molar-refractivity contribution in [3.8, 4) is 22.3 Å². The molecule has 154 valence electrons. The summed E-state index contributed by atoms with van der Waals surface area (Å²) >= 11 is 0. The van der Waals surface area contributed by atoms with Gasteiger partial charge in [0.2, 0.25) is 0 Å². The Hall–Kier alpha value is -2.88. The fourth-order valence-corrected chi connectivity index (χ4v) is 4.94. The van der Waals surface area contributed by atoms with Crippen LogP contribution in [0, 0.1) is 26.7 Å². The van der Waals surface area contributed by atoms with E-state index in [-0.39, 0.29) is 0 Å². The summed E-state index contributed by atoms with van der Waals surface area (Å²) in [6, 6.07) is 11.0. The van der Waals surface area contributed by atoms with Crippen LogP contribution < -0.4 is 0 Å². The molecule has 3 heterocycles. The van der Waals surface area contributed by atoms with Crippen LogP contribution in [0.4, 0.5) is 0 Å². The van der Waals surface area contributed by atoms with Crippen molar-refractivity contribution in [3.63, 3.8) is 0 Å². The van der Waals surface area contributed by atoms with E-state index in [0.29, 0.717) is 0 Å². The topological polar surface area (TPSA) is 43.9 Å². The molecule has 1 saturated carbocycles. The minimum Gasteiger partial charge on any atom is -0.361 e. The van der Waals surface area contributed by atoms with Crippen molar-refractivity contribution in [1.82, 2.24) is 14.7 Å². The molecule has 1 aromatic carbocycles. The lowest BCUT2D eigenvalue weighted by atomic mass is 9.89. The quantitative estimate of drug-likeness (QED) is 0.376. The minimum atomic E-state index is 0.753. The molecule has 5 rings (SSSR count). The first-order valence-corrected chi connectivity index (χ1v) is 11.1. The highest BCUT2D eigenvalue weighted by molar-refractivity contribution is 5.95. The van der Waals surface area contributed by atoms with Gasteiger partial charge >= 0.3 is 0 Å². The zero-order valence-electron chi connectivity index (χ0n) is 18.1. The van der Waals surface area contributed by atoms with Gasteiger partial charge in [0.25, 0.3) is 0 Å². The van der Waals surface area contributed by atoms with E-state index in [1.54, 1.807) is 0 Å². The van der Waals surface area contributed by atoms with Crippen LogP contribution in [-0.2, 0) is 6.54 Å². The summed E-state index contributed by atoms with van der Waals surface area (Å²) in [5.74, 6) is 1.60. The lowest BCUT2D eigenvalue weighted by Crippen LogP contribution is -2.13. The predicted octanol–water partition coefficient (Wildman–Crippen LogP) is 6.86. The van der Waals surface area contributed by atoms with E-state index in [9.17, 15) is 0 Å². The number of rotatable bonds is 4. The van der Waals surface area contributed by atoms with Crippen LogP contribution in [0.15, 0.2) is 47.2 Å². The van der Waals surface area contributed by atoms with Crippen LogP contribution in [-0.4, -0.2) is 14.7 Å². The van der Waals surface area contributed by atoms with Gasteiger partial charge in [0.1, 0.15) is 5.76 Å². The first kappa shape index (κ1) is 19.1. The van der Waals surface area contributed by atoms with Gasteiger partial charge in [-0.2, -0.15) is 0 Å². The highest BCUT2D eigenvalue weighted by Gasteiger charge is 2.20. The van der Waals surface area contributed by atoms with Crippen molar-refractivity contribution in [2.45, 2.75) is 59.4 Å². The summed E-state index contributed by atoms with van der Waals surface area (Å²) in [6.45, 7) is 7.16. The number of aromatic nitrogens is 3. The highest BCUT2D eigenvalue weighted by atomic mass is 16.5. The number of pyridine rings is 1. The zero-order chi connectivity index (χ0) is 20.7. The summed E-state index contributed by atoms with van der Waals surface area (Å²) < 4.78 is 7.85. The summed E-state index contributed by atoms with van der Waals surface area (Å²) in [5.41, 5.74) is 9.05. The van der Waals surface area contributed by atoms with Crippen molar-refractivity contribution in [2.24, 2.45) is 5.92 Å². The molecule has 4 aromatic rings. The lowest BCUT2D eigenvalue weighted by Gasteiger charge is -2.22. The number of hydrogen-bond acceptors (Lipinski definition) is 3. The molecular weight excluding hydrogens is 370 g/mol. The summed E-state index contributed by atoms with van der Waals surface area (Å²) in [7, 11) is 0. The lowest BCUT2D eigenvalue weighted by molar-refractivity contribution is 0.323. The van der Waals surface area contributed by atoms with Crippen LogP contribution in [0.2, 0.25) is 0 Å². The Morgan fingerprint density at radius 1 is 1.00 bits per heavy atom. The van der Waals surface area contributed by atoms with Crippen LogP contribution in [0.25, 0.3) is 33.3 Å². The Morgan fingerprint density at radius 3 is 2.47 bits per heavy atom. The minimum absolute atomic E-state index is 0.753. The maximum atomic E-state index is 5.41. The van der Waals surface area contributed by atoms with Gasteiger partial charge in [-0.15, -0.1) is 0 Å². The van der Waals surface area contributed by atoms with E-state index in [0.717, 1.165) is 40.6 Å². The number of nitrogens with zero attached hydrogens (tertiary/aromatic N) is 3. The molecule has 1 aliphatic carbocycles. The molecule has 3 aromatic heterocycles. The standard InChI is InChI=1S/C26H29N3O/c1-17-9-11-21(12-10-17)23-16-29(15-20-7-5-4-6-8-20)24-13-22(14-27-26(23)24)25-18(2)28-30-19(25)3/h9-14,16,20H,4-8,15H2,1-3H3. The maximum Gasteiger partial charge on any atom is 0.141 e. The molecule has 0 saturated heterocycles. The van der Waals surface area contributed by atoms with Crippen LogP contribution >= 0.6 is 0 Å². The van der Waals surface area contributed by atoms with Crippen molar-refractivity contribution >= 4 is 11.0 Å². The number of benzene rings is 1. The molecule has 0 bridgehead atoms. The number of hydrogen-bond donors (Lipinski definition) is 0. The molecule has 0 atom stereocenters. The maximum absolute atomic E-state index is 5.41. The Labute approximate surface area is 177 Å². The Balaban J connectivity index is 1.65. The predicted molar refractivity (Wildman–Crippen MR) is 121 cm³/mol. The van der Waals surface area contributed by atoms with Gasteiger partial charge in [-0.3, -0.25) is 4.98 Å². The average molecular weight is 400 g/mol. The molecule has 30 heavy (non-hydrogen) atoms. The SMILES string of the molecule is Cc1ccc(-c2cn(CC3CCCCC3)c3cc(-c4c(C)noc4C)cnc23)cc1. The fraction of sp³-hybridized carbons (Fsp3) is 0.385. The molecular formula is C26H29N3O. The molecule has 0 aliphatic heterocycles. The largest absolute Gasteiger partial charge is 0.361 e. The molecule has 0 unspecified atom stereocenters. The van der Waals surface area contributed by atoms with Crippen LogP contribution in [0.3, 0.4) is 0 Å². The highest BCUT2D eigenvalue weighted by Crippen LogP contribution is 2.35. The normalized spacial score (nSPS) is 15.2. The Kier molecular flexibility index (Phi) is 4.93. The van der Waals surface area contributed by atoms with Gasteiger partial charge in [-0.25, -0.2) is 0 Å². The second-order valence-corrected chi connectivity index (χ2v) is 8.86. The van der Waals surface area contributed by atoms with E-state index < -0.39 is 0 Å². The van der Waals surface area contributed by atoms with Gasteiger partial charge in [0.05, 0.1) is 16.7 Å². The van der Waals surface area contributed by atoms with Crippen LogP contribution in [0.5, 0.6) is 0 Å². The van der Waals surface area contributed by atoms with E-state index >= 15 is 0 Å². The number of aryl methyl sites for hydroxylation is 3. The van der Waals surface area contributed by atoms with E-state index in [4.69, 9.17) is 9.51 Å². The van der Waals surface area contributed by atoms with E-state index in [1.165, 1.54) is 54.3 Å². The summed E-state index contributed by atoms with van der Waals surface area (Å²) in [4.78, 5) is 4.94. The second kappa shape index (κ2) is 7.75. The van der Waals surface area contributed by atoms with E-state index in [1.807, 2.05) is 20.0 Å². The zero-order valence-corrected chi connectivity index (χ0v) is 18.1. The summed E-state index contributed by atoms with van der Waals surface area (Å²) in [6.07, 6.45) is 11.0. The third kappa shape index (κ3) is 3.45. The van der Waals surface area contributed by atoms with E-state index in [2.05, 4.69) is 53.2 Å². The molecule has 0 amide bonds. The smallest absolute Gasteiger partial charge is 0.141 e. The second-order valence-electron chi connectivity index (χ2n) is 8.86. The van der Waals surface area contributed by atoms with Gasteiger partial charge in [0, 0.05) is 35.6 Å². The third-order valence-corrected chi connectivity index (χ3v) is 6.58. The van der Waals surface area contributed by atoms with Gasteiger partial charge in [0.15, 0.2) is 0 Å². The first-order chi connectivity index (χ1) is 14.6. The molecule has 4 heteroatoms. The fourth-order valence-electron chi connectivity index (χ4n) is 4.94. The first-order valence-electron chi connectivity index (χ1n) is 11.1. The third-order valence-electron chi connectivity index (χ3n) is 6.58. The molecule has 4 nitrogen and oxygen atoms in total. The molecule has 0 N–H and O–H groups in total. The van der Waals surface area contributed by atoms with Gasteiger partial charge < -0.3 is 9.09 Å². The van der Waals surface area contributed by atoms with Gasteiger partial charge in [-0.05, 0) is 51.2 Å². The molecule has 1 aliphatic rings. The van der Waals surface area contributed by atoms with Crippen molar-refractivity contribution in [1.29, 1.82) is 0 Å². The Morgan fingerprint density at radius 2 is 1.77 bits per heavy atom. The molecule has 0 radical (unpaired) electrons. The monoisotopic (exact) mass is 399 g/mol. The van der Waals surface area contributed by atoms with Crippen molar-refractivity contribution in [2.75, 3.05) is 0 Å². The summed E-state index contributed by atoms with van der Waals surface area (Å²) in [5, 5.41) is 4.14. The Bertz CT molecular complexity index is 1160. The van der Waals surface area contributed by atoms with Crippen molar-refractivity contribution in [3.05, 3.63) is 59.7 Å².